The van der Waals surface area contributed by atoms with E-state index in [4.69, 9.17) is 9.15 Å². The van der Waals surface area contributed by atoms with Crippen LogP contribution < -0.4 is 4.74 Å². The molecule has 0 amide bonds. The fraction of sp³-hybridized carbons (Fsp3) is 0.824. The number of halogens is 1. The summed E-state index contributed by atoms with van der Waals surface area (Å²) < 4.78 is 11.7. The van der Waals surface area contributed by atoms with E-state index in [1.807, 2.05) is 0 Å². The van der Waals surface area contributed by atoms with E-state index >= 15 is 0 Å². The van der Waals surface area contributed by atoms with E-state index in [1.165, 1.54) is 44.9 Å². The second-order valence-corrected chi connectivity index (χ2v) is 6.85. The van der Waals surface area contributed by atoms with Crippen LogP contribution in [0.1, 0.15) is 84.4 Å². The Kier molecular flexibility index (Phi) is 8.38. The van der Waals surface area contributed by atoms with Gasteiger partial charge in [0, 0.05) is 5.41 Å². The lowest BCUT2D eigenvalue weighted by Gasteiger charge is -2.26. The molecule has 3 nitrogen and oxygen atoms in total. The first-order valence-corrected chi connectivity index (χ1v) is 9.07. The van der Waals surface area contributed by atoms with Crippen LogP contribution in [0.3, 0.4) is 0 Å². The fourth-order valence-corrected chi connectivity index (χ4v) is 3.10. The van der Waals surface area contributed by atoms with Crippen molar-refractivity contribution in [2.24, 2.45) is 0 Å². The highest BCUT2D eigenvalue weighted by molar-refractivity contribution is 9.10. The SMILES string of the molecule is CCCCCCCC(C)(CCCC)c1nc(OC)c(Br)o1. The second-order valence-electron chi connectivity index (χ2n) is 6.13. The lowest BCUT2D eigenvalue weighted by molar-refractivity contribution is 0.285. The molecular weight excluding hydrogens is 330 g/mol. The minimum atomic E-state index is 0.0154. The van der Waals surface area contributed by atoms with Gasteiger partial charge >= 0.3 is 0 Å². The summed E-state index contributed by atoms with van der Waals surface area (Å²) >= 11 is 3.39. The van der Waals surface area contributed by atoms with Crippen molar-refractivity contribution >= 4 is 15.9 Å². The molecule has 0 bridgehead atoms. The number of hydrogen-bond acceptors (Lipinski definition) is 3. The van der Waals surface area contributed by atoms with E-state index in [2.05, 4.69) is 41.7 Å². The Morgan fingerprint density at radius 3 is 2.24 bits per heavy atom. The molecule has 4 heteroatoms. The van der Waals surface area contributed by atoms with Crippen LogP contribution in [-0.2, 0) is 5.41 Å². The van der Waals surface area contributed by atoms with Crippen molar-refractivity contribution < 1.29 is 9.15 Å². The van der Waals surface area contributed by atoms with Crippen molar-refractivity contribution in [2.75, 3.05) is 7.11 Å². The highest BCUT2D eigenvalue weighted by Gasteiger charge is 2.32. The Hall–Kier alpha value is -0.510. The van der Waals surface area contributed by atoms with Gasteiger partial charge in [-0.1, -0.05) is 65.7 Å². The average molecular weight is 360 g/mol. The Labute approximate surface area is 138 Å². The zero-order chi connectivity index (χ0) is 15.7. The zero-order valence-corrected chi connectivity index (χ0v) is 15.6. The standard InChI is InChI=1S/C17H30BrNO2/c1-5-7-9-10-11-13-17(3,12-8-6-2)16-19-15(20-4)14(18)21-16/h5-13H2,1-4H3. The molecule has 1 heterocycles. The predicted octanol–water partition coefficient (Wildman–Crippen LogP) is 6.25. The number of ether oxygens (including phenoxy) is 1. The van der Waals surface area contributed by atoms with Gasteiger partial charge in [0.2, 0.25) is 10.6 Å². The van der Waals surface area contributed by atoms with Crippen LogP contribution in [0.2, 0.25) is 0 Å². The zero-order valence-electron chi connectivity index (χ0n) is 14.0. The van der Waals surface area contributed by atoms with Gasteiger partial charge in [-0.3, -0.25) is 0 Å². The van der Waals surface area contributed by atoms with Gasteiger partial charge in [-0.25, -0.2) is 0 Å². The van der Waals surface area contributed by atoms with Crippen molar-refractivity contribution in [2.45, 2.75) is 84.0 Å². The van der Waals surface area contributed by atoms with Gasteiger partial charge in [0.25, 0.3) is 5.88 Å². The second kappa shape index (κ2) is 9.50. The molecule has 21 heavy (non-hydrogen) atoms. The highest BCUT2D eigenvalue weighted by Crippen LogP contribution is 2.38. The molecule has 0 fully saturated rings. The number of rotatable bonds is 11. The van der Waals surface area contributed by atoms with Gasteiger partial charge in [-0.15, -0.1) is 0 Å². The Balaban J connectivity index is 2.71. The molecular formula is C17H30BrNO2. The average Bonchev–Trinajstić information content (AvgIpc) is 2.86. The lowest BCUT2D eigenvalue weighted by atomic mass is 9.80. The first kappa shape index (κ1) is 18.5. The number of methoxy groups -OCH3 is 1. The number of aromatic nitrogens is 1. The molecule has 0 saturated heterocycles. The van der Waals surface area contributed by atoms with Gasteiger partial charge < -0.3 is 9.15 Å². The van der Waals surface area contributed by atoms with E-state index < -0.39 is 0 Å². The summed E-state index contributed by atoms with van der Waals surface area (Å²) in [6, 6.07) is 0. The molecule has 1 aromatic heterocycles. The molecule has 1 atom stereocenters. The van der Waals surface area contributed by atoms with Crippen LogP contribution >= 0.6 is 15.9 Å². The highest BCUT2D eigenvalue weighted by atomic mass is 79.9. The van der Waals surface area contributed by atoms with Crippen molar-refractivity contribution in [1.29, 1.82) is 0 Å². The Bertz CT molecular complexity index is 405. The molecule has 1 unspecified atom stereocenters. The van der Waals surface area contributed by atoms with Crippen molar-refractivity contribution in [3.63, 3.8) is 0 Å². The van der Waals surface area contributed by atoms with Crippen LogP contribution in [0.4, 0.5) is 0 Å². The van der Waals surface area contributed by atoms with Gasteiger partial charge in [0.15, 0.2) is 0 Å². The Morgan fingerprint density at radius 2 is 1.67 bits per heavy atom. The Morgan fingerprint density at radius 1 is 1.05 bits per heavy atom. The van der Waals surface area contributed by atoms with E-state index in [-0.39, 0.29) is 5.41 Å². The van der Waals surface area contributed by atoms with Gasteiger partial charge in [-0.05, 0) is 28.8 Å². The minimum Gasteiger partial charge on any atom is -0.478 e. The molecule has 1 rings (SSSR count). The first-order chi connectivity index (χ1) is 10.1. The van der Waals surface area contributed by atoms with Crippen LogP contribution in [0.15, 0.2) is 9.09 Å². The van der Waals surface area contributed by atoms with E-state index in [0.29, 0.717) is 10.5 Å². The van der Waals surface area contributed by atoms with E-state index in [1.54, 1.807) is 7.11 Å². The minimum absolute atomic E-state index is 0.0154. The summed E-state index contributed by atoms with van der Waals surface area (Å²) in [5.74, 6) is 1.37. The normalized spacial score (nSPS) is 14.1. The third-order valence-electron chi connectivity index (χ3n) is 4.18. The van der Waals surface area contributed by atoms with Gasteiger partial charge in [-0.2, -0.15) is 4.98 Å². The molecule has 0 aliphatic rings. The van der Waals surface area contributed by atoms with E-state index in [9.17, 15) is 0 Å². The topological polar surface area (TPSA) is 35.3 Å². The summed E-state index contributed by atoms with van der Waals surface area (Å²) in [6.45, 7) is 6.76. The molecule has 122 valence electrons. The third kappa shape index (κ3) is 5.65. The third-order valence-corrected chi connectivity index (χ3v) is 4.68. The van der Waals surface area contributed by atoms with Crippen molar-refractivity contribution in [3.8, 4) is 5.88 Å². The molecule has 0 aromatic carbocycles. The van der Waals surface area contributed by atoms with E-state index in [0.717, 1.165) is 18.7 Å². The molecule has 1 aromatic rings. The maximum atomic E-state index is 5.83. The maximum Gasteiger partial charge on any atom is 0.268 e. The number of hydrogen-bond donors (Lipinski definition) is 0. The summed E-state index contributed by atoms with van der Waals surface area (Å²) in [7, 11) is 1.63. The smallest absolute Gasteiger partial charge is 0.268 e. The fourth-order valence-electron chi connectivity index (χ4n) is 2.70. The molecule has 0 radical (unpaired) electrons. The molecule has 0 aliphatic carbocycles. The number of unbranched alkanes of at least 4 members (excludes halogenated alkanes) is 5. The summed E-state index contributed by atoms with van der Waals surface area (Å²) in [5.41, 5.74) is 0.0154. The van der Waals surface area contributed by atoms with Crippen LogP contribution in [0, 0.1) is 0 Å². The summed E-state index contributed by atoms with van der Waals surface area (Å²) in [4.78, 5) is 4.53. The number of oxazole rings is 1. The van der Waals surface area contributed by atoms with Gasteiger partial charge in [0.05, 0.1) is 7.11 Å². The summed E-state index contributed by atoms with van der Waals surface area (Å²) in [6.07, 6.45) is 11.1. The van der Waals surface area contributed by atoms with Crippen LogP contribution in [-0.4, -0.2) is 12.1 Å². The maximum absolute atomic E-state index is 5.83. The quantitative estimate of drug-likeness (QED) is 0.437. The molecule has 0 spiro atoms. The van der Waals surface area contributed by atoms with Crippen LogP contribution in [0.5, 0.6) is 5.88 Å². The molecule has 0 aliphatic heterocycles. The van der Waals surface area contributed by atoms with Crippen molar-refractivity contribution in [3.05, 3.63) is 10.6 Å². The monoisotopic (exact) mass is 359 g/mol. The molecule has 0 saturated carbocycles. The summed E-state index contributed by atoms with van der Waals surface area (Å²) in [5, 5.41) is 0. The predicted molar refractivity (Wildman–Crippen MR) is 91.0 cm³/mol. The number of nitrogens with zero attached hydrogens (tertiary/aromatic N) is 1. The van der Waals surface area contributed by atoms with Gasteiger partial charge in [0.1, 0.15) is 0 Å². The van der Waals surface area contributed by atoms with Crippen LogP contribution in [0.25, 0.3) is 0 Å². The first-order valence-electron chi connectivity index (χ1n) is 8.28. The van der Waals surface area contributed by atoms with Crippen molar-refractivity contribution in [1.82, 2.24) is 4.98 Å². The molecule has 0 N–H and O–H groups in total. The largest absolute Gasteiger partial charge is 0.478 e. The lowest BCUT2D eigenvalue weighted by Crippen LogP contribution is -2.22.